The maximum absolute atomic E-state index is 11.8. The SMILES string of the molecule is COc1ccccc1COC[C@@H]1CC(O)[C@H](n2cnc3c(=O)[nH]cnc32)O1. The van der Waals surface area contributed by atoms with E-state index in [0.29, 0.717) is 25.3 Å². The molecule has 9 nitrogen and oxygen atoms in total. The van der Waals surface area contributed by atoms with E-state index in [1.165, 1.54) is 12.7 Å². The highest BCUT2D eigenvalue weighted by molar-refractivity contribution is 5.68. The van der Waals surface area contributed by atoms with E-state index in [1.54, 1.807) is 11.7 Å². The van der Waals surface area contributed by atoms with Crippen LogP contribution in [0, 0.1) is 0 Å². The van der Waals surface area contributed by atoms with Crippen LogP contribution in [0.4, 0.5) is 0 Å². The van der Waals surface area contributed by atoms with Crippen LogP contribution in [0.1, 0.15) is 18.2 Å². The van der Waals surface area contributed by atoms with Crippen LogP contribution in [0.5, 0.6) is 5.75 Å². The highest BCUT2D eigenvalue weighted by Crippen LogP contribution is 2.30. The number of aromatic amines is 1. The largest absolute Gasteiger partial charge is 0.496 e. The first-order chi connectivity index (χ1) is 13.2. The van der Waals surface area contributed by atoms with E-state index >= 15 is 0 Å². The van der Waals surface area contributed by atoms with E-state index in [2.05, 4.69) is 15.0 Å². The van der Waals surface area contributed by atoms with Crippen molar-refractivity contribution in [3.8, 4) is 5.75 Å². The van der Waals surface area contributed by atoms with Gasteiger partial charge in [0.1, 0.15) is 11.9 Å². The molecule has 1 aliphatic rings. The first kappa shape index (κ1) is 17.7. The molecule has 0 amide bonds. The van der Waals surface area contributed by atoms with Crippen LogP contribution in [0.2, 0.25) is 0 Å². The van der Waals surface area contributed by atoms with Gasteiger partial charge in [0.2, 0.25) is 0 Å². The summed E-state index contributed by atoms with van der Waals surface area (Å²) < 4.78 is 18.6. The van der Waals surface area contributed by atoms with Gasteiger partial charge in [0, 0.05) is 12.0 Å². The van der Waals surface area contributed by atoms with Crippen LogP contribution in [0.15, 0.2) is 41.7 Å². The van der Waals surface area contributed by atoms with E-state index in [4.69, 9.17) is 14.2 Å². The number of benzene rings is 1. The van der Waals surface area contributed by atoms with Crippen molar-refractivity contribution in [1.82, 2.24) is 19.5 Å². The fourth-order valence-corrected chi connectivity index (χ4v) is 3.26. The molecule has 2 N–H and O–H groups in total. The Bertz CT molecular complexity index is 985. The Labute approximate surface area is 154 Å². The smallest absolute Gasteiger partial charge is 0.278 e. The number of hydrogen-bond acceptors (Lipinski definition) is 7. The average molecular weight is 372 g/mol. The number of aliphatic hydroxyl groups is 1. The molecule has 27 heavy (non-hydrogen) atoms. The van der Waals surface area contributed by atoms with Gasteiger partial charge >= 0.3 is 0 Å². The van der Waals surface area contributed by atoms with E-state index in [-0.39, 0.29) is 17.2 Å². The third-order valence-electron chi connectivity index (χ3n) is 4.56. The van der Waals surface area contributed by atoms with Crippen LogP contribution >= 0.6 is 0 Å². The van der Waals surface area contributed by atoms with Crippen molar-refractivity contribution in [1.29, 1.82) is 0 Å². The molecule has 1 saturated heterocycles. The summed E-state index contributed by atoms with van der Waals surface area (Å²) in [6.07, 6.45) is 1.49. The van der Waals surface area contributed by atoms with Gasteiger partial charge in [-0.05, 0) is 6.07 Å². The Morgan fingerprint density at radius 3 is 3.07 bits per heavy atom. The predicted octanol–water partition coefficient (Wildman–Crippen LogP) is 0.993. The van der Waals surface area contributed by atoms with Gasteiger partial charge in [-0.2, -0.15) is 0 Å². The summed E-state index contributed by atoms with van der Waals surface area (Å²) in [4.78, 5) is 22.5. The first-order valence-corrected chi connectivity index (χ1v) is 8.60. The summed E-state index contributed by atoms with van der Waals surface area (Å²) in [5.74, 6) is 0.768. The van der Waals surface area contributed by atoms with E-state index in [1.807, 2.05) is 24.3 Å². The Morgan fingerprint density at radius 2 is 2.22 bits per heavy atom. The Kier molecular flexibility index (Phi) is 4.88. The van der Waals surface area contributed by atoms with Gasteiger partial charge in [-0.1, -0.05) is 18.2 Å². The zero-order chi connectivity index (χ0) is 18.8. The van der Waals surface area contributed by atoms with Crippen LogP contribution in [0.3, 0.4) is 0 Å². The number of nitrogens with one attached hydrogen (secondary N) is 1. The maximum atomic E-state index is 11.8. The van der Waals surface area contributed by atoms with E-state index in [9.17, 15) is 9.90 Å². The summed E-state index contributed by atoms with van der Waals surface area (Å²) >= 11 is 0. The molecule has 3 atom stereocenters. The number of para-hydroxylation sites is 1. The molecular formula is C18H20N4O5. The number of ether oxygens (including phenoxy) is 3. The summed E-state index contributed by atoms with van der Waals surface area (Å²) in [6.45, 7) is 0.710. The lowest BCUT2D eigenvalue weighted by molar-refractivity contribution is -0.0625. The van der Waals surface area contributed by atoms with Crippen molar-refractivity contribution in [2.45, 2.75) is 31.5 Å². The molecule has 0 saturated carbocycles. The fourth-order valence-electron chi connectivity index (χ4n) is 3.26. The number of H-pyrrole nitrogens is 1. The van der Waals surface area contributed by atoms with E-state index < -0.39 is 12.3 Å². The molecule has 142 valence electrons. The minimum absolute atomic E-state index is 0.212. The third kappa shape index (κ3) is 3.44. The molecule has 0 bridgehead atoms. The van der Waals surface area contributed by atoms with Gasteiger partial charge in [-0.3, -0.25) is 9.36 Å². The Morgan fingerprint density at radius 1 is 1.37 bits per heavy atom. The van der Waals surface area contributed by atoms with Gasteiger partial charge in [-0.25, -0.2) is 9.97 Å². The molecule has 1 aromatic carbocycles. The van der Waals surface area contributed by atoms with Crippen LogP contribution in [0.25, 0.3) is 11.2 Å². The summed E-state index contributed by atoms with van der Waals surface area (Å²) in [6, 6.07) is 7.64. The normalized spacial score (nSPS) is 22.4. The Balaban J connectivity index is 1.41. The molecule has 0 radical (unpaired) electrons. The molecule has 1 unspecified atom stereocenters. The molecule has 1 aliphatic heterocycles. The average Bonchev–Trinajstić information content (AvgIpc) is 3.26. The standard InChI is InChI=1S/C18H20N4O5/c1-25-14-5-3-2-4-11(14)7-26-8-12-6-13(23)18(27-12)22-10-21-15-16(22)19-9-20-17(15)24/h2-5,9-10,12-13,18,23H,6-8H2,1H3,(H,19,20,24)/t12-,13?,18+/m0/s1. The minimum Gasteiger partial charge on any atom is -0.496 e. The lowest BCUT2D eigenvalue weighted by Crippen LogP contribution is -2.20. The topological polar surface area (TPSA) is 111 Å². The monoisotopic (exact) mass is 372 g/mol. The highest BCUT2D eigenvalue weighted by Gasteiger charge is 2.36. The van der Waals surface area contributed by atoms with Crippen LogP contribution in [-0.2, 0) is 16.1 Å². The molecule has 3 heterocycles. The van der Waals surface area contributed by atoms with Crippen LogP contribution in [-0.4, -0.2) is 50.6 Å². The van der Waals surface area contributed by atoms with Crippen molar-refractivity contribution in [3.63, 3.8) is 0 Å². The number of imidazole rings is 1. The predicted molar refractivity (Wildman–Crippen MR) is 95.3 cm³/mol. The van der Waals surface area contributed by atoms with Gasteiger partial charge in [0.05, 0.1) is 39.1 Å². The quantitative estimate of drug-likeness (QED) is 0.664. The van der Waals surface area contributed by atoms with Crippen molar-refractivity contribution in [2.75, 3.05) is 13.7 Å². The third-order valence-corrected chi connectivity index (χ3v) is 4.56. The number of fused-ring (bicyclic) bond motifs is 1. The molecule has 3 aromatic rings. The van der Waals surface area contributed by atoms with Gasteiger partial charge in [0.25, 0.3) is 5.56 Å². The van der Waals surface area contributed by atoms with Crippen LogP contribution < -0.4 is 10.3 Å². The number of hydrogen-bond donors (Lipinski definition) is 2. The van der Waals surface area contributed by atoms with Gasteiger partial charge < -0.3 is 24.3 Å². The number of nitrogens with zero attached hydrogens (tertiary/aromatic N) is 3. The first-order valence-electron chi connectivity index (χ1n) is 8.60. The van der Waals surface area contributed by atoms with E-state index in [0.717, 1.165) is 11.3 Å². The lowest BCUT2D eigenvalue weighted by Gasteiger charge is -2.17. The zero-order valence-corrected chi connectivity index (χ0v) is 14.7. The second-order valence-electron chi connectivity index (χ2n) is 6.33. The lowest BCUT2D eigenvalue weighted by atomic mass is 10.2. The second-order valence-corrected chi connectivity index (χ2v) is 6.33. The molecule has 9 heteroatoms. The minimum atomic E-state index is -0.747. The zero-order valence-electron chi connectivity index (χ0n) is 14.7. The Hall–Kier alpha value is -2.75. The number of aromatic nitrogens is 4. The number of methoxy groups -OCH3 is 1. The van der Waals surface area contributed by atoms with Crippen molar-refractivity contribution >= 4 is 11.2 Å². The molecular weight excluding hydrogens is 352 g/mol. The summed E-state index contributed by atoms with van der Waals surface area (Å²) in [7, 11) is 1.62. The molecule has 2 aromatic heterocycles. The second kappa shape index (κ2) is 7.47. The molecule has 1 fully saturated rings. The van der Waals surface area contributed by atoms with Crippen molar-refractivity contribution in [2.24, 2.45) is 0 Å². The van der Waals surface area contributed by atoms with Crippen molar-refractivity contribution in [3.05, 3.63) is 52.8 Å². The highest BCUT2D eigenvalue weighted by atomic mass is 16.6. The molecule has 4 rings (SSSR count). The maximum Gasteiger partial charge on any atom is 0.278 e. The van der Waals surface area contributed by atoms with Gasteiger partial charge in [0.15, 0.2) is 17.4 Å². The number of aliphatic hydroxyl groups excluding tert-OH is 1. The molecule has 0 spiro atoms. The summed E-state index contributed by atoms with van der Waals surface area (Å²) in [5, 5.41) is 10.4. The molecule has 0 aliphatic carbocycles. The van der Waals surface area contributed by atoms with Gasteiger partial charge in [-0.15, -0.1) is 0 Å². The summed E-state index contributed by atoms with van der Waals surface area (Å²) in [5.41, 5.74) is 1.20. The van der Waals surface area contributed by atoms with Crippen molar-refractivity contribution < 1.29 is 19.3 Å². The number of rotatable bonds is 6. The fraction of sp³-hybridized carbons (Fsp3) is 0.389.